The zero-order valence-corrected chi connectivity index (χ0v) is 14.6. The molecule has 134 valence electrons. The van der Waals surface area contributed by atoms with Crippen molar-refractivity contribution in [1.82, 2.24) is 10.2 Å². The van der Waals surface area contributed by atoms with E-state index in [9.17, 15) is 9.59 Å². The van der Waals surface area contributed by atoms with Crippen LogP contribution in [0.4, 0.5) is 0 Å². The van der Waals surface area contributed by atoms with Crippen LogP contribution in [0.15, 0.2) is 34.5 Å². The van der Waals surface area contributed by atoms with Crippen LogP contribution in [0.3, 0.4) is 0 Å². The van der Waals surface area contributed by atoms with E-state index in [4.69, 9.17) is 0 Å². The topological polar surface area (TPSA) is 74.1 Å². The molecule has 1 aromatic carbocycles. The number of hydrogen-bond acceptors (Lipinski definition) is 4. The zero-order chi connectivity index (χ0) is 17.5. The van der Waals surface area contributed by atoms with Gasteiger partial charge in [0.15, 0.2) is 0 Å². The van der Waals surface area contributed by atoms with E-state index < -0.39 is 0 Å². The van der Waals surface area contributed by atoms with Crippen LogP contribution < -0.4 is 5.32 Å². The molecule has 1 unspecified atom stereocenters. The molecule has 0 radical (unpaired) electrons. The summed E-state index contributed by atoms with van der Waals surface area (Å²) in [6, 6.07) is 6.89. The molecule has 1 N–H and O–H groups in total. The van der Waals surface area contributed by atoms with Crippen LogP contribution in [0.2, 0.25) is 0 Å². The van der Waals surface area contributed by atoms with E-state index in [0.717, 1.165) is 18.5 Å². The van der Waals surface area contributed by atoms with Crippen molar-refractivity contribution in [3.05, 3.63) is 35.4 Å². The average molecular weight is 342 g/mol. The second-order valence-corrected chi connectivity index (χ2v) is 6.79. The minimum atomic E-state index is -0.362. The van der Waals surface area contributed by atoms with Gasteiger partial charge in [-0.2, -0.15) is 5.11 Å². The number of carbonyl (C=O) groups is 2. The van der Waals surface area contributed by atoms with Crippen molar-refractivity contribution in [1.29, 1.82) is 0 Å². The summed E-state index contributed by atoms with van der Waals surface area (Å²) in [6.45, 7) is 4.09. The van der Waals surface area contributed by atoms with Crippen molar-refractivity contribution in [2.45, 2.75) is 44.6 Å². The van der Waals surface area contributed by atoms with E-state index in [-0.39, 0.29) is 24.3 Å². The number of nitrogens with one attached hydrogen (secondary N) is 1. The van der Waals surface area contributed by atoms with Crippen LogP contribution in [-0.2, 0) is 4.79 Å². The van der Waals surface area contributed by atoms with Gasteiger partial charge in [-0.15, -0.1) is 5.11 Å². The molecule has 6 nitrogen and oxygen atoms in total. The molecule has 0 aromatic heterocycles. The molecule has 0 spiro atoms. The summed E-state index contributed by atoms with van der Waals surface area (Å²) in [5.74, 6) is -0.367. The maximum Gasteiger partial charge on any atom is 0.295 e. The van der Waals surface area contributed by atoms with Gasteiger partial charge in [-0.25, -0.2) is 0 Å². The van der Waals surface area contributed by atoms with Gasteiger partial charge in [-0.1, -0.05) is 31.0 Å². The van der Waals surface area contributed by atoms with Gasteiger partial charge < -0.3 is 10.2 Å². The number of azo groups is 1. The first-order chi connectivity index (χ1) is 12.2. The lowest BCUT2D eigenvalue weighted by atomic mass is 9.97. The van der Waals surface area contributed by atoms with Gasteiger partial charge in [0.2, 0.25) is 5.91 Å². The van der Waals surface area contributed by atoms with E-state index in [1.807, 2.05) is 12.1 Å². The fourth-order valence-corrected chi connectivity index (χ4v) is 3.51. The molecule has 2 amide bonds. The van der Waals surface area contributed by atoms with Gasteiger partial charge in [-0.05, 0) is 50.5 Å². The van der Waals surface area contributed by atoms with E-state index in [0.29, 0.717) is 12.1 Å². The summed E-state index contributed by atoms with van der Waals surface area (Å²) < 4.78 is 0. The number of amides is 2. The molecule has 25 heavy (non-hydrogen) atoms. The first-order valence-corrected chi connectivity index (χ1v) is 9.27. The van der Waals surface area contributed by atoms with Crippen molar-refractivity contribution in [2.75, 3.05) is 26.2 Å². The van der Waals surface area contributed by atoms with Crippen molar-refractivity contribution < 1.29 is 9.59 Å². The van der Waals surface area contributed by atoms with E-state index >= 15 is 0 Å². The summed E-state index contributed by atoms with van der Waals surface area (Å²) in [5, 5.41) is 10.7. The lowest BCUT2D eigenvalue weighted by Gasteiger charge is -2.20. The van der Waals surface area contributed by atoms with Gasteiger partial charge in [-0.3, -0.25) is 9.59 Å². The summed E-state index contributed by atoms with van der Waals surface area (Å²) >= 11 is 0. The van der Waals surface area contributed by atoms with Gasteiger partial charge in [0.05, 0.1) is 6.42 Å². The molecule has 0 aliphatic carbocycles. The highest BCUT2D eigenvalue weighted by atomic mass is 16.2. The number of likely N-dealkylation sites (tertiary alicyclic amines) is 1. The maximum atomic E-state index is 12.2. The zero-order valence-electron chi connectivity index (χ0n) is 14.6. The van der Waals surface area contributed by atoms with E-state index in [1.54, 1.807) is 12.1 Å². The molecule has 2 aliphatic heterocycles. The number of benzene rings is 1. The van der Waals surface area contributed by atoms with Crippen LogP contribution in [-0.4, -0.2) is 42.9 Å². The largest absolute Gasteiger partial charge is 0.356 e. The third kappa shape index (κ3) is 4.95. The Morgan fingerprint density at radius 1 is 1.16 bits per heavy atom. The summed E-state index contributed by atoms with van der Waals surface area (Å²) in [4.78, 5) is 26.4. The van der Waals surface area contributed by atoms with Crippen molar-refractivity contribution in [3.8, 4) is 0 Å². The lowest BCUT2D eigenvalue weighted by Crippen LogP contribution is -2.31. The van der Waals surface area contributed by atoms with E-state index in [1.165, 1.54) is 38.8 Å². The minimum Gasteiger partial charge on any atom is -0.356 e. The molecule has 1 aromatic rings. The van der Waals surface area contributed by atoms with Crippen LogP contribution in [0, 0.1) is 0 Å². The van der Waals surface area contributed by atoms with E-state index in [2.05, 4.69) is 20.4 Å². The number of hydrogen-bond donors (Lipinski definition) is 1. The molecule has 1 atom stereocenters. The van der Waals surface area contributed by atoms with Crippen LogP contribution in [0.1, 0.15) is 60.5 Å². The molecule has 0 saturated carbocycles. The number of rotatable bonds is 6. The number of carbonyl (C=O) groups excluding carboxylic acids is 2. The molecule has 1 fully saturated rings. The van der Waals surface area contributed by atoms with Gasteiger partial charge in [0.1, 0.15) is 6.04 Å². The van der Waals surface area contributed by atoms with Crippen LogP contribution in [0.5, 0.6) is 0 Å². The molecule has 2 heterocycles. The first-order valence-electron chi connectivity index (χ1n) is 9.27. The Morgan fingerprint density at radius 2 is 1.92 bits per heavy atom. The third-order valence-electron chi connectivity index (χ3n) is 4.89. The number of fused-ring (bicyclic) bond motifs is 1. The Morgan fingerprint density at radius 3 is 2.72 bits per heavy atom. The Kier molecular flexibility index (Phi) is 6.28. The summed E-state index contributed by atoms with van der Waals surface area (Å²) in [6.07, 6.45) is 6.46. The normalized spacial score (nSPS) is 20.8. The average Bonchev–Trinajstić information content (AvgIpc) is 2.90. The minimum absolute atomic E-state index is 0.0380. The fraction of sp³-hybridized carbons (Fsp3) is 0.579. The first kappa shape index (κ1) is 17.7. The van der Waals surface area contributed by atoms with Crippen LogP contribution in [0.25, 0.3) is 0 Å². The highest BCUT2D eigenvalue weighted by Crippen LogP contribution is 2.29. The molecule has 1 saturated heterocycles. The Balaban J connectivity index is 1.42. The van der Waals surface area contributed by atoms with Crippen molar-refractivity contribution in [3.63, 3.8) is 0 Å². The second kappa shape index (κ2) is 8.85. The monoisotopic (exact) mass is 342 g/mol. The second-order valence-electron chi connectivity index (χ2n) is 6.79. The molecular weight excluding hydrogens is 316 g/mol. The molecule has 6 heteroatoms. The van der Waals surface area contributed by atoms with Crippen molar-refractivity contribution in [2.24, 2.45) is 10.2 Å². The summed E-state index contributed by atoms with van der Waals surface area (Å²) in [5.41, 5.74) is 1.35. The number of nitrogens with zero attached hydrogens (tertiary/aromatic N) is 3. The predicted octanol–water partition coefficient (Wildman–Crippen LogP) is 3.11. The molecule has 0 bridgehead atoms. The van der Waals surface area contributed by atoms with Crippen LogP contribution >= 0.6 is 0 Å². The van der Waals surface area contributed by atoms with Gasteiger partial charge in [0, 0.05) is 12.1 Å². The van der Waals surface area contributed by atoms with Crippen molar-refractivity contribution >= 4 is 11.8 Å². The molecule has 2 aliphatic rings. The Labute approximate surface area is 148 Å². The highest BCUT2D eigenvalue weighted by molar-refractivity contribution is 5.97. The standard InChI is InChI=1S/C19H26N4O2/c24-18(20-10-7-13-23-11-5-1-2-6-12-23)14-17-15-8-3-4-9-16(15)19(25)22-21-17/h3-4,8-9,17H,1-2,5-7,10-14H2,(H,20,24). The Bertz CT molecular complexity index is 636. The molecular formula is C19H26N4O2. The van der Waals surface area contributed by atoms with Gasteiger partial charge in [0.25, 0.3) is 5.91 Å². The van der Waals surface area contributed by atoms with Gasteiger partial charge >= 0.3 is 0 Å². The summed E-state index contributed by atoms with van der Waals surface area (Å²) in [7, 11) is 0. The Hall–Kier alpha value is -2.08. The maximum absolute atomic E-state index is 12.2. The lowest BCUT2D eigenvalue weighted by molar-refractivity contribution is -0.121. The quantitative estimate of drug-likeness (QED) is 0.807. The molecule has 3 rings (SSSR count). The smallest absolute Gasteiger partial charge is 0.295 e. The highest BCUT2D eigenvalue weighted by Gasteiger charge is 2.25. The third-order valence-corrected chi connectivity index (χ3v) is 4.89. The fourth-order valence-electron chi connectivity index (χ4n) is 3.51. The SMILES string of the molecule is O=C(CC1N=NC(=O)c2ccccc21)NCCCN1CCCCCC1. The predicted molar refractivity (Wildman–Crippen MR) is 95.5 cm³/mol.